The van der Waals surface area contributed by atoms with Gasteiger partial charge in [-0.2, -0.15) is 0 Å². The molecule has 0 aliphatic carbocycles. The zero-order chi connectivity index (χ0) is 19.6. The van der Waals surface area contributed by atoms with Gasteiger partial charge in [0.15, 0.2) is 0 Å². The van der Waals surface area contributed by atoms with E-state index in [4.69, 9.17) is 23.2 Å². The van der Waals surface area contributed by atoms with Gasteiger partial charge < -0.3 is 0 Å². The summed E-state index contributed by atoms with van der Waals surface area (Å²) < 4.78 is 43.2. The molecule has 0 heterocycles. The second-order valence-electron chi connectivity index (χ2n) is 6.36. The first kappa shape index (κ1) is 20.6. The van der Waals surface area contributed by atoms with Crippen molar-refractivity contribution in [3.63, 3.8) is 0 Å². The van der Waals surface area contributed by atoms with Crippen LogP contribution in [0.5, 0.6) is 0 Å². The summed E-state index contributed by atoms with van der Waals surface area (Å²) >= 11 is 12.0. The Morgan fingerprint density at radius 2 is 1.77 bits per heavy atom. The average Bonchev–Trinajstić information content (AvgIpc) is 2.55. The molecule has 0 nitrogen and oxygen atoms in total. The van der Waals surface area contributed by atoms with Crippen molar-refractivity contribution in [2.24, 2.45) is 0 Å². The minimum absolute atomic E-state index is 0.163. The second-order valence-corrected chi connectivity index (χ2v) is 7.14. The molecule has 0 aliphatic heterocycles. The number of alkyl halides is 2. The molecule has 0 N–H and O–H groups in total. The molecule has 0 aliphatic rings. The summed E-state index contributed by atoms with van der Waals surface area (Å²) in [7, 11) is 0. The van der Waals surface area contributed by atoms with Crippen LogP contribution in [-0.2, 0) is 0 Å². The summed E-state index contributed by atoms with van der Waals surface area (Å²) in [5, 5.41) is 0.463. The summed E-state index contributed by atoms with van der Waals surface area (Å²) in [6.07, 6.45) is 2.59. The van der Waals surface area contributed by atoms with Crippen molar-refractivity contribution < 1.29 is 13.2 Å². The maximum Gasteiger partial charge on any atom is 0.255 e. The van der Waals surface area contributed by atoms with E-state index in [-0.39, 0.29) is 16.1 Å². The summed E-state index contributed by atoms with van der Waals surface area (Å²) in [6.45, 7) is 7.91. The summed E-state index contributed by atoms with van der Waals surface area (Å²) in [6, 6.07) is 7.71. The first-order valence-electron chi connectivity index (χ1n) is 7.98. The third kappa shape index (κ3) is 4.52. The predicted molar refractivity (Wildman–Crippen MR) is 105 cm³/mol. The molecule has 26 heavy (non-hydrogen) atoms. The molecule has 2 aromatic carbocycles. The van der Waals surface area contributed by atoms with Gasteiger partial charge in [0, 0.05) is 12.5 Å². The van der Waals surface area contributed by atoms with Crippen molar-refractivity contribution in [3.8, 4) is 0 Å². The Kier molecular flexibility index (Phi) is 6.25. The molecular formula is C21H19Cl2F3. The monoisotopic (exact) mass is 398 g/mol. The molecule has 0 aromatic heterocycles. The van der Waals surface area contributed by atoms with Gasteiger partial charge in [-0.25, -0.2) is 13.2 Å². The molecule has 0 amide bonds. The van der Waals surface area contributed by atoms with Gasteiger partial charge in [-0.1, -0.05) is 54.1 Å². The number of halogens is 5. The van der Waals surface area contributed by atoms with Crippen molar-refractivity contribution in [2.75, 3.05) is 0 Å². The van der Waals surface area contributed by atoms with E-state index in [0.29, 0.717) is 10.6 Å². The third-order valence-corrected chi connectivity index (χ3v) is 5.11. The maximum atomic E-state index is 14.7. The fourth-order valence-electron chi connectivity index (χ4n) is 2.76. The molecule has 0 radical (unpaired) electrons. The zero-order valence-electron chi connectivity index (χ0n) is 14.7. The lowest BCUT2D eigenvalue weighted by atomic mass is 9.90. The fraction of sp³-hybridized carbons (Fsp3) is 0.238. The Bertz CT molecular complexity index is 841. The SMILES string of the molecule is C=Cc1ccc(/C(F)=C/C(c2cc(C)c(Cl)c(Cl)c2)C(C)(F)F)cc1C. The van der Waals surface area contributed by atoms with Crippen molar-refractivity contribution in [1.82, 2.24) is 0 Å². The molecule has 2 rings (SSSR count). The van der Waals surface area contributed by atoms with E-state index in [0.717, 1.165) is 24.1 Å². The van der Waals surface area contributed by atoms with E-state index in [2.05, 4.69) is 6.58 Å². The highest BCUT2D eigenvalue weighted by molar-refractivity contribution is 6.42. The molecule has 1 unspecified atom stereocenters. The minimum atomic E-state index is -3.18. The van der Waals surface area contributed by atoms with Crippen molar-refractivity contribution in [3.05, 3.63) is 80.8 Å². The van der Waals surface area contributed by atoms with Crippen LogP contribution in [0.25, 0.3) is 11.9 Å². The molecule has 0 fully saturated rings. The summed E-state index contributed by atoms with van der Waals surface area (Å²) in [4.78, 5) is 0. The van der Waals surface area contributed by atoms with Gasteiger partial charge in [0.1, 0.15) is 5.83 Å². The molecule has 0 saturated heterocycles. The molecular weight excluding hydrogens is 380 g/mol. The summed E-state index contributed by atoms with van der Waals surface area (Å²) in [5.74, 6) is -5.38. The normalized spacial score (nSPS) is 13.6. The third-order valence-electron chi connectivity index (χ3n) is 4.22. The average molecular weight is 399 g/mol. The van der Waals surface area contributed by atoms with Crippen LogP contribution >= 0.6 is 23.2 Å². The Hall–Kier alpha value is -1.71. The quantitative estimate of drug-likeness (QED) is 0.478. The van der Waals surface area contributed by atoms with Crippen molar-refractivity contribution >= 4 is 35.1 Å². The van der Waals surface area contributed by atoms with Crippen LogP contribution in [0.2, 0.25) is 10.0 Å². The van der Waals surface area contributed by atoms with Crippen molar-refractivity contribution in [2.45, 2.75) is 32.6 Å². The van der Waals surface area contributed by atoms with Crippen LogP contribution in [0.4, 0.5) is 13.2 Å². The molecule has 0 saturated carbocycles. The standard InChI is InChI=1S/C21H19Cl2F3/c1-5-14-6-7-15(8-12(14)2)19(24)11-17(21(4,25)26)16-9-13(3)20(23)18(22)10-16/h5-11,17H,1H2,2-4H3/b19-11-. The van der Waals surface area contributed by atoms with Gasteiger partial charge in [0.2, 0.25) is 0 Å². The lowest BCUT2D eigenvalue weighted by molar-refractivity contribution is 0.00668. The summed E-state index contributed by atoms with van der Waals surface area (Å²) in [5.41, 5.74) is 2.67. The van der Waals surface area contributed by atoms with Gasteiger partial charge in [-0.05, 0) is 54.3 Å². The van der Waals surface area contributed by atoms with E-state index in [1.54, 1.807) is 31.2 Å². The van der Waals surface area contributed by atoms with E-state index in [1.807, 2.05) is 6.92 Å². The van der Waals surface area contributed by atoms with E-state index in [1.165, 1.54) is 12.1 Å². The highest BCUT2D eigenvalue weighted by Gasteiger charge is 2.35. The molecule has 0 spiro atoms. The van der Waals surface area contributed by atoms with Gasteiger partial charge in [-0.15, -0.1) is 0 Å². The molecule has 138 valence electrons. The van der Waals surface area contributed by atoms with Gasteiger partial charge in [0.05, 0.1) is 16.0 Å². The van der Waals surface area contributed by atoms with E-state index >= 15 is 0 Å². The number of aryl methyl sites for hydroxylation is 2. The first-order chi connectivity index (χ1) is 12.0. The largest absolute Gasteiger partial charge is 0.255 e. The molecule has 2 aromatic rings. The maximum absolute atomic E-state index is 14.7. The molecule has 0 bridgehead atoms. The number of benzene rings is 2. The molecule has 5 heteroatoms. The van der Waals surface area contributed by atoms with Gasteiger partial charge >= 0.3 is 0 Å². The Morgan fingerprint density at radius 3 is 2.27 bits per heavy atom. The van der Waals surface area contributed by atoms with Crippen LogP contribution in [-0.4, -0.2) is 5.92 Å². The van der Waals surface area contributed by atoms with Gasteiger partial charge in [0.25, 0.3) is 5.92 Å². The topological polar surface area (TPSA) is 0 Å². The lowest BCUT2D eigenvalue weighted by Gasteiger charge is -2.22. The Labute approximate surface area is 161 Å². The van der Waals surface area contributed by atoms with Crippen molar-refractivity contribution in [1.29, 1.82) is 0 Å². The number of hydrogen-bond acceptors (Lipinski definition) is 0. The van der Waals surface area contributed by atoms with Crippen LogP contribution in [0.1, 0.15) is 40.7 Å². The predicted octanol–water partition coefficient (Wildman–Crippen LogP) is 8.00. The minimum Gasteiger partial charge on any atom is -0.207 e. The highest BCUT2D eigenvalue weighted by Crippen LogP contribution is 2.40. The van der Waals surface area contributed by atoms with Gasteiger partial charge in [-0.3, -0.25) is 0 Å². The number of allylic oxidation sites excluding steroid dienone is 1. The Morgan fingerprint density at radius 1 is 1.12 bits per heavy atom. The van der Waals surface area contributed by atoms with Crippen LogP contribution in [0.15, 0.2) is 43.0 Å². The zero-order valence-corrected chi connectivity index (χ0v) is 16.2. The number of hydrogen-bond donors (Lipinski definition) is 0. The van der Waals surface area contributed by atoms with E-state index < -0.39 is 17.7 Å². The smallest absolute Gasteiger partial charge is 0.207 e. The van der Waals surface area contributed by atoms with Crippen LogP contribution in [0.3, 0.4) is 0 Å². The lowest BCUT2D eigenvalue weighted by Crippen LogP contribution is -2.21. The van der Waals surface area contributed by atoms with E-state index in [9.17, 15) is 13.2 Å². The fourth-order valence-corrected chi connectivity index (χ4v) is 3.15. The van der Waals surface area contributed by atoms with Crippen LogP contribution < -0.4 is 0 Å². The first-order valence-corrected chi connectivity index (χ1v) is 8.74. The second kappa shape index (κ2) is 7.89. The van der Waals surface area contributed by atoms with Crippen LogP contribution in [0, 0.1) is 13.8 Å². The number of rotatable bonds is 5. The highest BCUT2D eigenvalue weighted by atomic mass is 35.5. The Balaban J connectivity index is 2.53. The molecule has 1 atom stereocenters.